The summed E-state index contributed by atoms with van der Waals surface area (Å²) < 4.78 is 4.90. The molecule has 56 heavy (non-hydrogen) atoms. The number of amides is 4. The highest BCUT2D eigenvalue weighted by Crippen LogP contribution is 2.36. The summed E-state index contributed by atoms with van der Waals surface area (Å²) in [5.41, 5.74) is 5.77. The Morgan fingerprint density at radius 2 is 1.20 bits per heavy atom. The Bertz CT molecular complexity index is 2010. The van der Waals surface area contributed by atoms with Gasteiger partial charge in [-0.2, -0.15) is 0 Å². The van der Waals surface area contributed by atoms with Crippen LogP contribution in [0.2, 0.25) is 0 Å². The van der Waals surface area contributed by atoms with Gasteiger partial charge in [-0.3, -0.25) is 14.5 Å². The van der Waals surface area contributed by atoms with Gasteiger partial charge in [0, 0.05) is 26.2 Å². The fourth-order valence-electron chi connectivity index (χ4n) is 8.50. The van der Waals surface area contributed by atoms with Crippen LogP contribution in [0.25, 0.3) is 33.6 Å². The van der Waals surface area contributed by atoms with E-state index in [0.29, 0.717) is 13.1 Å². The average Bonchev–Trinajstić information content (AvgIpc) is 4.01. The van der Waals surface area contributed by atoms with E-state index < -0.39 is 30.2 Å². The highest BCUT2D eigenvalue weighted by atomic mass is 16.5. The lowest BCUT2D eigenvalue weighted by molar-refractivity contribution is -0.139. The number of hydrogen-bond donors (Lipinski definition) is 4. The molecule has 0 aliphatic carbocycles. The molecule has 298 valence electrons. The van der Waals surface area contributed by atoms with Crippen molar-refractivity contribution >= 4 is 24.0 Å². The molecule has 4 N–H and O–H groups in total. The van der Waals surface area contributed by atoms with Gasteiger partial charge in [-0.1, -0.05) is 76.2 Å². The maximum absolute atomic E-state index is 13.8. The molecule has 0 bridgehead atoms. The van der Waals surface area contributed by atoms with Gasteiger partial charge in [0.15, 0.2) is 0 Å². The number of benzene rings is 2. The molecule has 14 nitrogen and oxygen atoms in total. The number of carbonyl (C=O) groups excluding carboxylic acids is 3. The quantitative estimate of drug-likeness (QED) is 0.118. The monoisotopic (exact) mass is 766 g/mol. The molecule has 0 radical (unpaired) electrons. The van der Waals surface area contributed by atoms with Crippen molar-refractivity contribution in [1.82, 2.24) is 40.0 Å². The van der Waals surface area contributed by atoms with E-state index in [1.807, 2.05) is 37.5 Å². The van der Waals surface area contributed by atoms with Crippen LogP contribution in [0.5, 0.6) is 0 Å². The molecule has 2 fully saturated rings. The number of likely N-dealkylation sites (tertiary alicyclic amines) is 2. The molecule has 4 amide bonds. The molecular weight excluding hydrogens is 713 g/mol. The third-order valence-corrected chi connectivity index (χ3v) is 11.3. The van der Waals surface area contributed by atoms with E-state index in [1.54, 1.807) is 26.4 Å². The smallest absolute Gasteiger partial charge is 0.409 e. The number of aromatic nitrogens is 4. The second kappa shape index (κ2) is 17.0. The van der Waals surface area contributed by atoms with Gasteiger partial charge in [0.2, 0.25) is 11.8 Å². The molecule has 5 atom stereocenters. The number of imidazole rings is 2. The van der Waals surface area contributed by atoms with Crippen molar-refractivity contribution in [3.63, 3.8) is 0 Å². The predicted molar refractivity (Wildman–Crippen MR) is 212 cm³/mol. The third-order valence-electron chi connectivity index (χ3n) is 11.3. The molecule has 2 aromatic carbocycles. The minimum Gasteiger partial charge on any atom is -0.465 e. The van der Waals surface area contributed by atoms with Crippen LogP contribution in [0.1, 0.15) is 84.0 Å². The Kier molecular flexibility index (Phi) is 12.2. The van der Waals surface area contributed by atoms with Crippen molar-refractivity contribution < 1.29 is 29.0 Å². The Morgan fingerprint density at radius 3 is 1.61 bits per heavy atom. The maximum atomic E-state index is 13.8. The Hall–Kier alpha value is -5.66. The topological polar surface area (TPSA) is 177 Å². The molecule has 0 spiro atoms. The highest BCUT2D eigenvalue weighted by molar-refractivity contribution is 5.86. The van der Waals surface area contributed by atoms with Gasteiger partial charge in [-0.25, -0.2) is 19.6 Å². The minimum absolute atomic E-state index is 0.0370. The van der Waals surface area contributed by atoms with Crippen molar-refractivity contribution in [1.29, 1.82) is 0 Å². The normalized spacial score (nSPS) is 18.6. The first-order valence-corrected chi connectivity index (χ1v) is 19.5. The van der Waals surface area contributed by atoms with E-state index in [1.165, 1.54) is 12.0 Å². The summed E-state index contributed by atoms with van der Waals surface area (Å²) in [5.74, 6) is 0.681. The van der Waals surface area contributed by atoms with E-state index in [9.17, 15) is 24.3 Å². The number of H-pyrrole nitrogens is 2. The van der Waals surface area contributed by atoms with Gasteiger partial charge in [0.1, 0.15) is 17.7 Å². The van der Waals surface area contributed by atoms with Crippen LogP contribution in [0, 0.1) is 17.8 Å². The third kappa shape index (κ3) is 8.29. The lowest BCUT2D eigenvalue weighted by Crippen LogP contribution is -2.51. The summed E-state index contributed by atoms with van der Waals surface area (Å²) in [6.45, 7) is 10.7. The zero-order valence-electron chi connectivity index (χ0n) is 33.3. The first-order valence-electron chi connectivity index (χ1n) is 19.5. The number of rotatable bonds is 12. The van der Waals surface area contributed by atoms with Crippen LogP contribution < -0.4 is 5.32 Å². The minimum atomic E-state index is -1.14. The number of aromatic amines is 2. The number of hydrogen-bond acceptors (Lipinski definition) is 7. The molecule has 6 rings (SSSR count). The van der Waals surface area contributed by atoms with Gasteiger partial charge >= 0.3 is 12.2 Å². The summed E-state index contributed by atoms with van der Waals surface area (Å²) in [4.78, 5) is 72.5. The van der Waals surface area contributed by atoms with E-state index >= 15 is 0 Å². The van der Waals surface area contributed by atoms with E-state index in [2.05, 4.69) is 68.8 Å². The number of nitrogens with one attached hydrogen (secondary N) is 3. The van der Waals surface area contributed by atoms with E-state index in [0.717, 1.165) is 71.0 Å². The number of carbonyl (C=O) groups is 4. The summed E-state index contributed by atoms with van der Waals surface area (Å²) in [5, 5.41) is 11.7. The molecule has 0 saturated carbocycles. The van der Waals surface area contributed by atoms with Gasteiger partial charge in [0.25, 0.3) is 0 Å². The molecule has 2 aliphatic heterocycles. The fraction of sp³-hybridized carbons (Fsp3) is 0.476. The Balaban J connectivity index is 1.11. The summed E-state index contributed by atoms with van der Waals surface area (Å²) in [6, 6.07) is 14.9. The lowest BCUT2D eigenvalue weighted by Gasteiger charge is -2.34. The van der Waals surface area contributed by atoms with Gasteiger partial charge in [0.05, 0.1) is 48.9 Å². The van der Waals surface area contributed by atoms with Crippen molar-refractivity contribution in [3.8, 4) is 33.6 Å². The summed E-state index contributed by atoms with van der Waals surface area (Å²) in [6.07, 6.45) is 5.20. The number of carboxylic acid groups (broad SMARTS) is 1. The summed E-state index contributed by atoms with van der Waals surface area (Å²) in [7, 11) is 2.92. The van der Waals surface area contributed by atoms with Crippen molar-refractivity contribution in [2.75, 3.05) is 27.2 Å². The van der Waals surface area contributed by atoms with E-state index in [4.69, 9.17) is 9.72 Å². The summed E-state index contributed by atoms with van der Waals surface area (Å²) >= 11 is 0. The predicted octanol–water partition coefficient (Wildman–Crippen LogP) is 7.11. The van der Waals surface area contributed by atoms with Crippen LogP contribution in [-0.2, 0) is 14.3 Å². The fourth-order valence-corrected chi connectivity index (χ4v) is 8.50. The SMILES string of the molecule is COC(=O)N(C)[C@H](C(=O)N1CCC[C@H]1c1ncc(-c2ccc(-c3ccc(-c4cnc([C@@H]5CCCN5C(=O)[C@@H](C(C)C)C(C)NC(=O)O)[nH]4)cc3)cc2)[nH]1)C(C)C. The van der Waals surface area contributed by atoms with Crippen LogP contribution >= 0.6 is 0 Å². The molecule has 1 unspecified atom stereocenters. The lowest BCUT2D eigenvalue weighted by atomic mass is 9.87. The maximum Gasteiger partial charge on any atom is 0.409 e. The molecule has 2 aliphatic rings. The first kappa shape index (κ1) is 40.0. The largest absolute Gasteiger partial charge is 0.465 e. The van der Waals surface area contributed by atoms with Crippen LogP contribution in [-0.4, -0.2) is 103 Å². The second-order valence-electron chi connectivity index (χ2n) is 15.7. The van der Waals surface area contributed by atoms with Crippen LogP contribution in [0.15, 0.2) is 60.9 Å². The van der Waals surface area contributed by atoms with Crippen molar-refractivity contribution in [2.24, 2.45) is 17.8 Å². The number of ether oxygens (including phenoxy) is 1. The molecule has 14 heteroatoms. The van der Waals surface area contributed by atoms with Gasteiger partial charge in [-0.15, -0.1) is 0 Å². The highest BCUT2D eigenvalue weighted by Gasteiger charge is 2.41. The Morgan fingerprint density at radius 1 is 0.750 bits per heavy atom. The molecular formula is C42H54N8O6. The standard InChI is InChI=1S/C42H54N8O6/c1-24(2)35(26(5)45-41(53)54)39(51)49-20-8-10-33(49)37-43-22-31(46-37)29-16-12-27(13-17-29)28-14-18-30(19-15-28)32-23-44-38(47-32)34-11-9-21-50(34)40(52)36(25(3)4)48(6)42(55)56-7/h12-19,22-26,33-36,45H,8-11,20-21H2,1-7H3,(H,43,46)(H,44,47)(H,53,54)/t26?,33-,34-,35-,36-/m0/s1. The van der Waals surface area contributed by atoms with Crippen LogP contribution in [0.3, 0.4) is 0 Å². The zero-order chi connectivity index (χ0) is 40.3. The van der Waals surface area contributed by atoms with Crippen molar-refractivity contribution in [2.45, 2.75) is 84.5 Å². The Labute approximate surface area is 328 Å². The van der Waals surface area contributed by atoms with E-state index in [-0.39, 0.29) is 35.7 Å². The molecule has 4 heterocycles. The second-order valence-corrected chi connectivity index (χ2v) is 15.7. The first-order chi connectivity index (χ1) is 26.8. The number of methoxy groups -OCH3 is 1. The number of nitrogens with zero attached hydrogens (tertiary/aromatic N) is 5. The van der Waals surface area contributed by atoms with Gasteiger partial charge < -0.3 is 34.9 Å². The molecule has 2 saturated heterocycles. The average molecular weight is 767 g/mol. The number of likely N-dealkylation sites (N-methyl/N-ethyl adjacent to an activating group) is 1. The van der Waals surface area contributed by atoms with Crippen LogP contribution in [0.4, 0.5) is 9.59 Å². The molecule has 4 aromatic rings. The van der Waals surface area contributed by atoms with Crippen molar-refractivity contribution in [3.05, 3.63) is 72.6 Å². The zero-order valence-corrected chi connectivity index (χ0v) is 33.3. The van der Waals surface area contributed by atoms with Gasteiger partial charge in [-0.05, 0) is 66.7 Å². The molecule has 2 aromatic heterocycles.